The van der Waals surface area contributed by atoms with Gasteiger partial charge in [-0.3, -0.25) is 0 Å². The summed E-state index contributed by atoms with van der Waals surface area (Å²) in [7, 11) is -3.26. The van der Waals surface area contributed by atoms with Crippen molar-refractivity contribution in [1.29, 1.82) is 0 Å². The molecule has 7 nitrogen and oxygen atoms in total. The maximum Gasteiger partial charge on any atom is 0.322 e. The Hall–Kier alpha value is -1.77. The average molecular weight is 372 g/mol. The molecule has 0 spiro atoms. The first-order valence-electron chi connectivity index (χ1n) is 7.46. The van der Waals surface area contributed by atoms with Crippen molar-refractivity contribution >= 4 is 44.3 Å². The van der Waals surface area contributed by atoms with Crippen molar-refractivity contribution in [2.24, 2.45) is 0 Å². The lowest BCUT2D eigenvalue weighted by molar-refractivity contribution is 0.157. The monoisotopic (exact) mass is 371 g/mol. The zero-order valence-electron chi connectivity index (χ0n) is 13.3. The van der Waals surface area contributed by atoms with Crippen molar-refractivity contribution in [2.45, 2.75) is 13.0 Å². The molecule has 1 aliphatic rings. The zero-order chi connectivity index (χ0) is 17.5. The Morgan fingerprint density at radius 1 is 1.33 bits per heavy atom. The molecule has 0 radical (unpaired) electrons. The van der Waals surface area contributed by atoms with Crippen LogP contribution in [0.1, 0.15) is 6.92 Å². The number of fused-ring (bicyclic) bond motifs is 1. The Labute approximate surface area is 145 Å². The van der Waals surface area contributed by atoms with Crippen molar-refractivity contribution in [2.75, 3.05) is 31.2 Å². The van der Waals surface area contributed by atoms with Gasteiger partial charge in [0.2, 0.25) is 10.0 Å². The summed E-state index contributed by atoms with van der Waals surface area (Å²) in [6.07, 6.45) is 2.69. The molecular formula is C15H18ClN3O4S. The van der Waals surface area contributed by atoms with E-state index in [0.717, 1.165) is 5.39 Å². The highest BCUT2D eigenvalue weighted by Crippen LogP contribution is 2.31. The van der Waals surface area contributed by atoms with Crippen LogP contribution >= 0.6 is 11.6 Å². The number of carbonyl (C=O) groups excluding carboxylic acids is 1. The van der Waals surface area contributed by atoms with E-state index in [0.29, 0.717) is 29.4 Å². The molecule has 24 heavy (non-hydrogen) atoms. The summed E-state index contributed by atoms with van der Waals surface area (Å²) in [6, 6.07) is 4.55. The summed E-state index contributed by atoms with van der Waals surface area (Å²) in [5.41, 5.74) is 1.04. The Balaban J connectivity index is 1.74. The maximum atomic E-state index is 12.5. The standard InChI is InChI=1S/C15H18ClN3O4S/c1-10-9-18(6-7-19(10)24(2,21)22)15(20)17-13-4-3-12(16)11-5-8-23-14(11)13/h3-5,8,10H,6-7,9H2,1-2H3,(H,17,20)/t10-/m0/s1. The number of hydrogen-bond donors (Lipinski definition) is 1. The fraction of sp³-hybridized carbons (Fsp3) is 0.400. The number of piperazine rings is 1. The van der Waals surface area contributed by atoms with E-state index in [1.165, 1.54) is 16.8 Å². The smallest absolute Gasteiger partial charge is 0.322 e. The lowest BCUT2D eigenvalue weighted by Crippen LogP contribution is -2.55. The number of nitrogens with zero attached hydrogens (tertiary/aromatic N) is 2. The second-order valence-electron chi connectivity index (χ2n) is 5.86. The van der Waals surface area contributed by atoms with Gasteiger partial charge in [0.15, 0.2) is 5.58 Å². The van der Waals surface area contributed by atoms with E-state index in [9.17, 15) is 13.2 Å². The molecule has 2 amide bonds. The number of rotatable bonds is 2. The lowest BCUT2D eigenvalue weighted by atomic mass is 10.2. The van der Waals surface area contributed by atoms with Crippen molar-refractivity contribution in [3.63, 3.8) is 0 Å². The molecule has 1 aromatic heterocycles. The van der Waals surface area contributed by atoms with Gasteiger partial charge in [0, 0.05) is 31.1 Å². The summed E-state index contributed by atoms with van der Waals surface area (Å²) in [6.45, 7) is 2.73. The second-order valence-corrected chi connectivity index (χ2v) is 8.20. The average Bonchev–Trinajstić information content (AvgIpc) is 2.99. The summed E-state index contributed by atoms with van der Waals surface area (Å²) >= 11 is 6.09. The lowest BCUT2D eigenvalue weighted by Gasteiger charge is -2.38. The number of anilines is 1. The van der Waals surface area contributed by atoms with Gasteiger partial charge in [0.1, 0.15) is 0 Å². The third kappa shape index (κ3) is 3.22. The van der Waals surface area contributed by atoms with E-state index in [4.69, 9.17) is 16.0 Å². The van der Waals surface area contributed by atoms with E-state index in [2.05, 4.69) is 5.32 Å². The van der Waals surface area contributed by atoms with Crippen molar-refractivity contribution in [3.05, 3.63) is 29.5 Å². The predicted octanol–water partition coefficient (Wildman–Crippen LogP) is 2.58. The van der Waals surface area contributed by atoms with Gasteiger partial charge in [0.05, 0.1) is 23.2 Å². The van der Waals surface area contributed by atoms with Crippen LogP contribution in [-0.4, -0.2) is 55.6 Å². The summed E-state index contributed by atoms with van der Waals surface area (Å²) in [5.74, 6) is 0. The topological polar surface area (TPSA) is 82.9 Å². The number of sulfonamides is 1. The van der Waals surface area contributed by atoms with E-state index >= 15 is 0 Å². The molecule has 2 heterocycles. The maximum absolute atomic E-state index is 12.5. The quantitative estimate of drug-likeness (QED) is 0.879. The van der Waals surface area contributed by atoms with Gasteiger partial charge in [-0.2, -0.15) is 4.31 Å². The molecule has 2 aromatic rings. The van der Waals surface area contributed by atoms with Crippen LogP contribution < -0.4 is 5.32 Å². The molecule has 0 bridgehead atoms. The van der Waals surface area contributed by atoms with Crippen molar-refractivity contribution in [1.82, 2.24) is 9.21 Å². The number of amides is 2. The molecule has 1 saturated heterocycles. The van der Waals surface area contributed by atoms with Gasteiger partial charge in [-0.05, 0) is 25.1 Å². The van der Waals surface area contributed by atoms with Crippen LogP contribution in [0.15, 0.2) is 28.9 Å². The van der Waals surface area contributed by atoms with Gasteiger partial charge in [-0.25, -0.2) is 13.2 Å². The zero-order valence-corrected chi connectivity index (χ0v) is 14.9. The molecule has 1 aromatic carbocycles. The number of hydrogen-bond acceptors (Lipinski definition) is 4. The highest BCUT2D eigenvalue weighted by molar-refractivity contribution is 7.88. The van der Waals surface area contributed by atoms with E-state index in [1.807, 2.05) is 0 Å². The third-order valence-corrected chi connectivity index (χ3v) is 5.81. The fourth-order valence-corrected chi connectivity index (χ4v) is 4.28. The molecule has 0 unspecified atom stereocenters. The summed E-state index contributed by atoms with van der Waals surface area (Å²) in [4.78, 5) is 14.1. The highest BCUT2D eigenvalue weighted by Gasteiger charge is 2.32. The molecule has 0 aliphatic carbocycles. The van der Waals surface area contributed by atoms with Gasteiger partial charge in [-0.15, -0.1) is 0 Å². The molecule has 1 atom stereocenters. The molecule has 0 saturated carbocycles. The van der Waals surface area contributed by atoms with Crippen LogP contribution in [0.5, 0.6) is 0 Å². The molecular weight excluding hydrogens is 354 g/mol. The Bertz CT molecular complexity index is 880. The highest BCUT2D eigenvalue weighted by atomic mass is 35.5. The molecule has 1 fully saturated rings. The van der Waals surface area contributed by atoms with Gasteiger partial charge >= 0.3 is 6.03 Å². The molecule has 1 N–H and O–H groups in total. The van der Waals surface area contributed by atoms with E-state index in [1.54, 1.807) is 30.0 Å². The van der Waals surface area contributed by atoms with E-state index < -0.39 is 10.0 Å². The number of halogens is 1. The first kappa shape index (κ1) is 17.1. The minimum Gasteiger partial charge on any atom is -0.462 e. The summed E-state index contributed by atoms with van der Waals surface area (Å²) < 4.78 is 30.2. The normalized spacial score (nSPS) is 19.6. The molecule has 1 aliphatic heterocycles. The minimum absolute atomic E-state index is 0.270. The summed E-state index contributed by atoms with van der Waals surface area (Å²) in [5, 5.41) is 4.08. The van der Waals surface area contributed by atoms with E-state index in [-0.39, 0.29) is 18.6 Å². The van der Waals surface area contributed by atoms with Crippen LogP contribution in [-0.2, 0) is 10.0 Å². The predicted molar refractivity (Wildman–Crippen MR) is 92.8 cm³/mol. The molecule has 130 valence electrons. The first-order chi connectivity index (χ1) is 11.3. The van der Waals surface area contributed by atoms with Crippen molar-refractivity contribution in [3.8, 4) is 0 Å². The second kappa shape index (κ2) is 6.27. The van der Waals surface area contributed by atoms with Crippen LogP contribution in [0.25, 0.3) is 11.0 Å². The van der Waals surface area contributed by atoms with Gasteiger partial charge in [-0.1, -0.05) is 11.6 Å². The number of furan rings is 1. The Kier molecular flexibility index (Phi) is 4.46. The number of benzene rings is 1. The van der Waals surface area contributed by atoms with Crippen LogP contribution in [0.2, 0.25) is 5.02 Å². The largest absolute Gasteiger partial charge is 0.462 e. The SMILES string of the molecule is C[C@H]1CN(C(=O)Nc2ccc(Cl)c3ccoc23)CCN1S(C)(=O)=O. The first-order valence-corrected chi connectivity index (χ1v) is 9.68. The Morgan fingerprint density at radius 2 is 2.08 bits per heavy atom. The Morgan fingerprint density at radius 3 is 2.75 bits per heavy atom. The fourth-order valence-electron chi connectivity index (χ4n) is 2.94. The van der Waals surface area contributed by atoms with Crippen molar-refractivity contribution < 1.29 is 17.6 Å². The van der Waals surface area contributed by atoms with Gasteiger partial charge in [0.25, 0.3) is 0 Å². The number of nitrogens with one attached hydrogen (secondary N) is 1. The van der Waals surface area contributed by atoms with Crippen LogP contribution in [0.4, 0.5) is 10.5 Å². The molecule has 9 heteroatoms. The van der Waals surface area contributed by atoms with Crippen LogP contribution in [0.3, 0.4) is 0 Å². The minimum atomic E-state index is -3.26. The molecule has 3 rings (SSSR count). The van der Waals surface area contributed by atoms with Gasteiger partial charge < -0.3 is 14.6 Å². The van der Waals surface area contributed by atoms with Crippen LogP contribution in [0, 0.1) is 0 Å². The number of urea groups is 1. The third-order valence-electron chi connectivity index (χ3n) is 4.08. The number of carbonyl (C=O) groups is 1.